The third-order valence-corrected chi connectivity index (χ3v) is 3.84. The van der Waals surface area contributed by atoms with Gasteiger partial charge in [-0.2, -0.15) is 0 Å². The fourth-order valence-corrected chi connectivity index (χ4v) is 2.38. The molecule has 0 saturated carbocycles. The summed E-state index contributed by atoms with van der Waals surface area (Å²) in [5, 5.41) is 0.644. The second-order valence-corrected chi connectivity index (χ2v) is 5.13. The van der Waals surface area contributed by atoms with Gasteiger partial charge in [0.2, 0.25) is 0 Å². The molecule has 102 valence electrons. The number of amides is 1. The van der Waals surface area contributed by atoms with E-state index < -0.39 is 0 Å². The zero-order valence-electron chi connectivity index (χ0n) is 11.0. The van der Waals surface area contributed by atoms with Crippen LogP contribution in [0.25, 0.3) is 0 Å². The predicted molar refractivity (Wildman–Crippen MR) is 72.2 cm³/mol. The normalized spacial score (nSPS) is 18.5. The Kier molecular flexibility index (Phi) is 4.10. The molecule has 0 spiro atoms. The number of benzene rings is 1. The van der Waals surface area contributed by atoms with Crippen molar-refractivity contribution in [2.75, 3.05) is 20.2 Å². The first-order valence-corrected chi connectivity index (χ1v) is 6.54. The van der Waals surface area contributed by atoms with E-state index in [9.17, 15) is 9.59 Å². The van der Waals surface area contributed by atoms with Crippen LogP contribution in [0.5, 0.6) is 0 Å². The van der Waals surface area contributed by atoms with E-state index in [1.807, 2.05) is 6.92 Å². The number of carbonyl (C=O) groups is 2. The van der Waals surface area contributed by atoms with Crippen molar-refractivity contribution in [1.29, 1.82) is 0 Å². The molecular formula is C14H16ClNO3. The fraction of sp³-hybridized carbons (Fsp3) is 0.429. The summed E-state index contributed by atoms with van der Waals surface area (Å²) in [7, 11) is 1.37. The van der Waals surface area contributed by atoms with Crippen molar-refractivity contribution in [3.8, 4) is 0 Å². The molecule has 1 heterocycles. The first kappa shape index (κ1) is 13.9. The predicted octanol–water partition coefficient (Wildman–Crippen LogP) is 2.28. The Morgan fingerprint density at radius 1 is 1.42 bits per heavy atom. The van der Waals surface area contributed by atoms with Crippen LogP contribution in [0, 0.1) is 12.8 Å². The molecule has 1 aliphatic heterocycles. The van der Waals surface area contributed by atoms with Gasteiger partial charge >= 0.3 is 5.97 Å². The third kappa shape index (κ3) is 2.89. The average molecular weight is 282 g/mol. The summed E-state index contributed by atoms with van der Waals surface area (Å²) < 4.78 is 4.71. The lowest BCUT2D eigenvalue weighted by atomic mass is 10.1. The van der Waals surface area contributed by atoms with Crippen molar-refractivity contribution in [2.45, 2.75) is 13.3 Å². The van der Waals surface area contributed by atoms with Gasteiger partial charge in [0, 0.05) is 23.7 Å². The summed E-state index contributed by atoms with van der Waals surface area (Å²) in [5.74, 6) is -0.517. The molecule has 0 radical (unpaired) electrons. The lowest BCUT2D eigenvalue weighted by Gasteiger charge is -2.16. The van der Waals surface area contributed by atoms with Crippen LogP contribution in [0.1, 0.15) is 22.3 Å². The van der Waals surface area contributed by atoms with Gasteiger partial charge in [-0.05, 0) is 37.1 Å². The van der Waals surface area contributed by atoms with Crippen molar-refractivity contribution in [3.63, 3.8) is 0 Å². The number of ether oxygens (including phenoxy) is 1. The Hall–Kier alpha value is -1.55. The molecule has 0 bridgehead atoms. The maximum atomic E-state index is 12.3. The van der Waals surface area contributed by atoms with E-state index in [1.54, 1.807) is 23.1 Å². The smallest absolute Gasteiger partial charge is 0.310 e. The van der Waals surface area contributed by atoms with Crippen molar-refractivity contribution in [3.05, 3.63) is 34.3 Å². The van der Waals surface area contributed by atoms with Crippen molar-refractivity contribution >= 4 is 23.5 Å². The summed E-state index contributed by atoms with van der Waals surface area (Å²) in [6, 6.07) is 5.21. The van der Waals surface area contributed by atoms with Gasteiger partial charge in [0.1, 0.15) is 0 Å². The van der Waals surface area contributed by atoms with E-state index in [-0.39, 0.29) is 17.8 Å². The number of hydrogen-bond acceptors (Lipinski definition) is 3. The number of methoxy groups -OCH3 is 1. The Morgan fingerprint density at radius 3 is 2.79 bits per heavy atom. The van der Waals surface area contributed by atoms with Gasteiger partial charge in [0.15, 0.2) is 0 Å². The molecule has 1 saturated heterocycles. The van der Waals surface area contributed by atoms with Gasteiger partial charge in [-0.1, -0.05) is 11.6 Å². The standard InChI is InChI=1S/C14H16ClNO3/c1-9-7-10(3-4-12(9)15)13(17)16-6-5-11(8-16)14(18)19-2/h3-4,7,11H,5-6,8H2,1-2H3. The molecule has 4 nitrogen and oxygen atoms in total. The van der Waals surface area contributed by atoms with Crippen LogP contribution < -0.4 is 0 Å². The number of aryl methyl sites for hydroxylation is 1. The Balaban J connectivity index is 2.09. The van der Waals surface area contributed by atoms with Crippen molar-refractivity contribution in [2.24, 2.45) is 5.92 Å². The first-order valence-electron chi connectivity index (χ1n) is 6.16. The molecule has 0 N–H and O–H groups in total. The number of rotatable bonds is 2. The van der Waals surface area contributed by atoms with Gasteiger partial charge in [-0.25, -0.2) is 0 Å². The molecular weight excluding hydrogens is 266 g/mol. The minimum absolute atomic E-state index is 0.0637. The van der Waals surface area contributed by atoms with Crippen molar-refractivity contribution in [1.82, 2.24) is 4.90 Å². The summed E-state index contributed by atoms with van der Waals surface area (Å²) in [5.41, 5.74) is 1.48. The second-order valence-electron chi connectivity index (χ2n) is 4.72. The minimum atomic E-state index is -0.248. The number of likely N-dealkylation sites (tertiary alicyclic amines) is 1. The topological polar surface area (TPSA) is 46.6 Å². The molecule has 1 fully saturated rings. The Labute approximate surface area is 117 Å². The molecule has 1 aliphatic rings. The average Bonchev–Trinajstić information content (AvgIpc) is 2.89. The second kappa shape index (κ2) is 5.61. The molecule has 5 heteroatoms. The molecule has 1 unspecified atom stereocenters. The quantitative estimate of drug-likeness (QED) is 0.782. The van der Waals surface area contributed by atoms with E-state index in [0.717, 1.165) is 5.56 Å². The number of esters is 1. The first-order chi connectivity index (χ1) is 9.02. The zero-order valence-corrected chi connectivity index (χ0v) is 11.7. The van der Waals surface area contributed by atoms with Gasteiger partial charge in [-0.15, -0.1) is 0 Å². The molecule has 1 aromatic rings. The van der Waals surface area contributed by atoms with Crippen molar-refractivity contribution < 1.29 is 14.3 Å². The van der Waals surface area contributed by atoms with Crippen LogP contribution in [0.2, 0.25) is 5.02 Å². The lowest BCUT2D eigenvalue weighted by Crippen LogP contribution is -2.30. The lowest BCUT2D eigenvalue weighted by molar-refractivity contribution is -0.144. The summed E-state index contributed by atoms with van der Waals surface area (Å²) in [6.45, 7) is 2.87. The Morgan fingerprint density at radius 2 is 2.16 bits per heavy atom. The van der Waals surface area contributed by atoms with E-state index in [2.05, 4.69) is 0 Å². The highest BCUT2D eigenvalue weighted by molar-refractivity contribution is 6.31. The number of nitrogens with zero attached hydrogens (tertiary/aromatic N) is 1. The zero-order chi connectivity index (χ0) is 14.0. The fourth-order valence-electron chi connectivity index (χ4n) is 2.26. The summed E-state index contributed by atoms with van der Waals surface area (Å²) in [6.07, 6.45) is 0.658. The van der Waals surface area contributed by atoms with Gasteiger partial charge < -0.3 is 9.64 Å². The monoisotopic (exact) mass is 281 g/mol. The summed E-state index contributed by atoms with van der Waals surface area (Å²) in [4.78, 5) is 25.4. The molecule has 0 aromatic heterocycles. The van der Waals surface area contributed by atoms with E-state index >= 15 is 0 Å². The highest BCUT2D eigenvalue weighted by Gasteiger charge is 2.32. The van der Waals surface area contributed by atoms with Gasteiger partial charge in [0.25, 0.3) is 5.91 Å². The highest BCUT2D eigenvalue weighted by Crippen LogP contribution is 2.22. The number of halogens is 1. The molecule has 1 aromatic carbocycles. The van der Waals surface area contributed by atoms with Crippen LogP contribution in [-0.2, 0) is 9.53 Å². The third-order valence-electron chi connectivity index (χ3n) is 3.41. The maximum absolute atomic E-state index is 12.3. The molecule has 1 amide bonds. The van der Waals surface area contributed by atoms with Gasteiger partial charge in [0.05, 0.1) is 13.0 Å². The van der Waals surface area contributed by atoms with E-state index in [0.29, 0.717) is 30.1 Å². The molecule has 1 atom stereocenters. The maximum Gasteiger partial charge on any atom is 0.310 e. The van der Waals surface area contributed by atoms with Gasteiger partial charge in [-0.3, -0.25) is 9.59 Å². The van der Waals surface area contributed by atoms with E-state index in [1.165, 1.54) is 7.11 Å². The minimum Gasteiger partial charge on any atom is -0.469 e. The largest absolute Gasteiger partial charge is 0.469 e. The molecule has 0 aliphatic carbocycles. The molecule has 19 heavy (non-hydrogen) atoms. The van der Waals surface area contributed by atoms with Crippen LogP contribution in [0.4, 0.5) is 0 Å². The highest BCUT2D eigenvalue weighted by atomic mass is 35.5. The van der Waals surface area contributed by atoms with Crippen LogP contribution in [0.3, 0.4) is 0 Å². The van der Waals surface area contributed by atoms with Crippen LogP contribution in [0.15, 0.2) is 18.2 Å². The SMILES string of the molecule is COC(=O)C1CCN(C(=O)c2ccc(Cl)c(C)c2)C1. The van der Waals surface area contributed by atoms with E-state index in [4.69, 9.17) is 16.3 Å². The molecule has 2 rings (SSSR count). The van der Waals surface area contributed by atoms with Crippen LogP contribution in [-0.4, -0.2) is 37.0 Å². The van der Waals surface area contributed by atoms with Crippen LogP contribution >= 0.6 is 11.6 Å². The Bertz CT molecular complexity index is 515. The summed E-state index contributed by atoms with van der Waals surface area (Å²) >= 11 is 5.94. The number of carbonyl (C=O) groups excluding carboxylic acids is 2. The number of hydrogen-bond donors (Lipinski definition) is 0.